The van der Waals surface area contributed by atoms with Crippen molar-refractivity contribution in [2.75, 3.05) is 20.3 Å². The molecule has 1 aliphatic heterocycles. The molecule has 2 aromatic rings. The maximum Gasteiger partial charge on any atom is 0.226 e. The van der Waals surface area contributed by atoms with Gasteiger partial charge in [-0.3, -0.25) is 4.79 Å². The van der Waals surface area contributed by atoms with E-state index in [1.54, 1.807) is 7.11 Å². The molecule has 6 heteroatoms. The Morgan fingerprint density at radius 2 is 2.04 bits per heavy atom. The molecule has 132 valence electrons. The van der Waals surface area contributed by atoms with Crippen LogP contribution in [0.1, 0.15) is 22.8 Å². The number of amides is 1. The van der Waals surface area contributed by atoms with Crippen LogP contribution < -0.4 is 14.8 Å². The Labute approximate surface area is 147 Å². The van der Waals surface area contributed by atoms with Crippen LogP contribution in [0.5, 0.6) is 11.5 Å². The number of fused-ring (bicyclic) bond motifs is 1. The van der Waals surface area contributed by atoms with Gasteiger partial charge in [0.2, 0.25) is 5.91 Å². The van der Waals surface area contributed by atoms with E-state index < -0.39 is 0 Å². The molecular formula is C19H23N3O3. The molecule has 1 unspecified atom stereocenters. The minimum atomic E-state index is -0.180. The van der Waals surface area contributed by atoms with Gasteiger partial charge in [0.1, 0.15) is 23.9 Å². The number of methoxy groups -OCH3 is 1. The van der Waals surface area contributed by atoms with Gasteiger partial charge in [-0.15, -0.1) is 0 Å². The number of aromatic nitrogens is 2. The lowest BCUT2D eigenvalue weighted by atomic mass is 9.96. The maximum absolute atomic E-state index is 12.4. The Balaban J connectivity index is 1.53. The number of nitrogens with one attached hydrogen (secondary N) is 1. The van der Waals surface area contributed by atoms with E-state index in [4.69, 9.17) is 9.47 Å². The van der Waals surface area contributed by atoms with Gasteiger partial charge in [-0.2, -0.15) is 0 Å². The Kier molecular flexibility index (Phi) is 5.16. The summed E-state index contributed by atoms with van der Waals surface area (Å²) in [6.45, 7) is 4.80. The second-order valence-electron chi connectivity index (χ2n) is 6.29. The predicted molar refractivity (Wildman–Crippen MR) is 93.9 cm³/mol. The lowest BCUT2D eigenvalue weighted by Gasteiger charge is -2.25. The Morgan fingerprint density at radius 3 is 2.76 bits per heavy atom. The molecule has 2 heterocycles. The number of nitrogens with zero attached hydrogens (tertiary/aromatic N) is 2. The van der Waals surface area contributed by atoms with Crippen molar-refractivity contribution in [3.8, 4) is 11.5 Å². The fourth-order valence-corrected chi connectivity index (χ4v) is 3.00. The number of ether oxygens (including phenoxy) is 2. The van der Waals surface area contributed by atoms with E-state index in [9.17, 15) is 4.79 Å². The van der Waals surface area contributed by atoms with Gasteiger partial charge in [0.25, 0.3) is 0 Å². The van der Waals surface area contributed by atoms with Gasteiger partial charge in [0, 0.05) is 30.4 Å². The first kappa shape index (κ1) is 17.2. The highest BCUT2D eigenvalue weighted by Crippen LogP contribution is 2.31. The number of hydrogen-bond acceptors (Lipinski definition) is 5. The molecule has 0 radical (unpaired) electrons. The van der Waals surface area contributed by atoms with E-state index in [0.29, 0.717) is 26.0 Å². The minimum Gasteiger partial charge on any atom is -0.497 e. The lowest BCUT2D eigenvalue weighted by Crippen LogP contribution is -2.38. The van der Waals surface area contributed by atoms with Crippen LogP contribution in [0.15, 0.2) is 24.3 Å². The summed E-state index contributed by atoms with van der Waals surface area (Å²) in [6.07, 6.45) is 1.29. The third-order valence-corrected chi connectivity index (χ3v) is 4.23. The Bertz CT molecular complexity index is 756. The number of hydrogen-bond donors (Lipinski definition) is 1. The van der Waals surface area contributed by atoms with Crippen LogP contribution in [0.3, 0.4) is 0 Å². The zero-order valence-electron chi connectivity index (χ0n) is 14.8. The first-order chi connectivity index (χ1) is 12.0. The second kappa shape index (κ2) is 7.51. The lowest BCUT2D eigenvalue weighted by molar-refractivity contribution is -0.126. The van der Waals surface area contributed by atoms with E-state index in [1.807, 2.05) is 38.1 Å². The normalized spacial score (nSPS) is 15.9. The number of benzene rings is 1. The first-order valence-electron chi connectivity index (χ1n) is 8.43. The highest BCUT2D eigenvalue weighted by molar-refractivity contribution is 5.79. The largest absolute Gasteiger partial charge is 0.497 e. The molecule has 1 aromatic carbocycles. The van der Waals surface area contributed by atoms with E-state index in [-0.39, 0.29) is 11.8 Å². The quantitative estimate of drug-likeness (QED) is 0.901. The number of carbonyl (C=O) groups excluding carboxylic acids is 1. The molecule has 1 aliphatic rings. The molecule has 0 saturated carbocycles. The second-order valence-corrected chi connectivity index (χ2v) is 6.29. The van der Waals surface area contributed by atoms with Crippen LogP contribution in [-0.4, -0.2) is 36.1 Å². The third-order valence-electron chi connectivity index (χ3n) is 4.23. The third kappa shape index (κ3) is 4.26. The molecule has 0 saturated heterocycles. The van der Waals surface area contributed by atoms with Crippen molar-refractivity contribution in [1.29, 1.82) is 0 Å². The zero-order valence-corrected chi connectivity index (χ0v) is 14.8. The van der Waals surface area contributed by atoms with E-state index >= 15 is 0 Å². The topological polar surface area (TPSA) is 73.3 Å². The molecule has 0 aliphatic carbocycles. The molecule has 25 heavy (non-hydrogen) atoms. The van der Waals surface area contributed by atoms with Crippen LogP contribution in [-0.2, 0) is 17.6 Å². The standard InChI is InChI=1S/C19H23N3O3/c1-12-8-13(2)22-18(21-12)6-7-20-19(23)15-9-14-4-5-16(24-3)10-17(14)25-11-15/h4-5,8,10,15H,6-7,9,11H2,1-3H3,(H,20,23). The molecule has 1 N–H and O–H groups in total. The van der Waals surface area contributed by atoms with Gasteiger partial charge in [0.15, 0.2) is 0 Å². The van der Waals surface area contributed by atoms with Crippen molar-refractivity contribution >= 4 is 5.91 Å². The molecule has 3 rings (SSSR count). The van der Waals surface area contributed by atoms with Gasteiger partial charge in [-0.05, 0) is 38.0 Å². The average Bonchev–Trinajstić information content (AvgIpc) is 2.59. The van der Waals surface area contributed by atoms with Gasteiger partial charge >= 0.3 is 0 Å². The van der Waals surface area contributed by atoms with Gasteiger partial charge in [0.05, 0.1) is 13.0 Å². The van der Waals surface area contributed by atoms with Crippen LogP contribution in [0, 0.1) is 19.8 Å². The van der Waals surface area contributed by atoms with Crippen LogP contribution >= 0.6 is 0 Å². The number of aryl methyl sites for hydroxylation is 2. The molecule has 0 spiro atoms. The van der Waals surface area contributed by atoms with Gasteiger partial charge < -0.3 is 14.8 Å². The van der Waals surface area contributed by atoms with Gasteiger partial charge in [-0.25, -0.2) is 9.97 Å². The number of rotatable bonds is 5. The average molecular weight is 341 g/mol. The Morgan fingerprint density at radius 1 is 1.28 bits per heavy atom. The molecule has 1 atom stereocenters. The monoisotopic (exact) mass is 341 g/mol. The molecule has 0 fully saturated rings. The van der Waals surface area contributed by atoms with Gasteiger partial charge in [-0.1, -0.05) is 6.07 Å². The highest BCUT2D eigenvalue weighted by Gasteiger charge is 2.26. The SMILES string of the molecule is COc1ccc2c(c1)OCC(C(=O)NCCc1nc(C)cc(C)n1)C2. The summed E-state index contributed by atoms with van der Waals surface area (Å²) < 4.78 is 10.9. The van der Waals surface area contributed by atoms with Crippen molar-refractivity contribution in [3.63, 3.8) is 0 Å². The fourth-order valence-electron chi connectivity index (χ4n) is 3.00. The van der Waals surface area contributed by atoms with E-state index in [0.717, 1.165) is 34.3 Å². The summed E-state index contributed by atoms with van der Waals surface area (Å²) >= 11 is 0. The molecular weight excluding hydrogens is 318 g/mol. The Hall–Kier alpha value is -2.63. The summed E-state index contributed by atoms with van der Waals surface area (Å²) in [4.78, 5) is 21.2. The zero-order chi connectivity index (χ0) is 17.8. The van der Waals surface area contributed by atoms with Crippen LogP contribution in [0.4, 0.5) is 0 Å². The van der Waals surface area contributed by atoms with Crippen molar-refractivity contribution in [2.24, 2.45) is 5.92 Å². The summed E-state index contributed by atoms with van der Waals surface area (Å²) in [5.41, 5.74) is 2.92. The summed E-state index contributed by atoms with van der Waals surface area (Å²) in [5, 5.41) is 2.97. The van der Waals surface area contributed by atoms with Crippen LogP contribution in [0.25, 0.3) is 0 Å². The van der Waals surface area contributed by atoms with Crippen LogP contribution in [0.2, 0.25) is 0 Å². The maximum atomic E-state index is 12.4. The van der Waals surface area contributed by atoms with Crippen molar-refractivity contribution < 1.29 is 14.3 Å². The molecule has 6 nitrogen and oxygen atoms in total. The molecule has 0 bridgehead atoms. The minimum absolute atomic E-state index is 0.00541. The predicted octanol–water partition coefficient (Wildman–Crippen LogP) is 2.01. The smallest absolute Gasteiger partial charge is 0.226 e. The fraction of sp³-hybridized carbons (Fsp3) is 0.421. The summed E-state index contributed by atoms with van der Waals surface area (Å²) in [5.74, 6) is 2.14. The van der Waals surface area contributed by atoms with Crippen molar-refractivity contribution in [3.05, 3.63) is 47.0 Å². The number of carbonyl (C=O) groups is 1. The van der Waals surface area contributed by atoms with Crippen molar-refractivity contribution in [2.45, 2.75) is 26.7 Å². The summed E-state index contributed by atoms with van der Waals surface area (Å²) in [6, 6.07) is 7.64. The van der Waals surface area contributed by atoms with E-state index in [2.05, 4.69) is 15.3 Å². The highest BCUT2D eigenvalue weighted by atomic mass is 16.5. The molecule has 1 amide bonds. The first-order valence-corrected chi connectivity index (χ1v) is 8.43. The summed E-state index contributed by atoms with van der Waals surface area (Å²) in [7, 11) is 1.63. The van der Waals surface area contributed by atoms with Crippen molar-refractivity contribution in [1.82, 2.24) is 15.3 Å². The molecule has 1 aromatic heterocycles. The van der Waals surface area contributed by atoms with E-state index in [1.165, 1.54) is 0 Å².